The van der Waals surface area contributed by atoms with Gasteiger partial charge in [-0.3, -0.25) is 0 Å². The van der Waals surface area contributed by atoms with Crippen molar-refractivity contribution in [1.29, 1.82) is 31.6 Å². The number of rotatable bonds is 10. The van der Waals surface area contributed by atoms with E-state index in [4.69, 9.17) is 0 Å². The van der Waals surface area contributed by atoms with E-state index in [2.05, 4.69) is 131 Å². The lowest BCUT2D eigenvalue weighted by atomic mass is 9.91. The number of nitrogens with zero attached hydrogens (tertiary/aromatic N) is 8. The van der Waals surface area contributed by atoms with Crippen LogP contribution in [-0.2, 0) is 0 Å². The van der Waals surface area contributed by atoms with Gasteiger partial charge >= 0.3 is 0 Å². The SMILES string of the molecule is N#Cc1ccc(-c2cc(-c3ccc(C#N)cc3)cc(N(c3cccc(C#N)c3)c3ccc4ccc5c(N(c6cccc(C#N)c6)c6cc(-c7ccc(C#N)cc7)cc(-c7ccc(C#N)cc7)c6)ccc6ccc3c4c65)c2)cc1. The summed E-state index contributed by atoms with van der Waals surface area (Å²) < 4.78 is 0. The van der Waals surface area contributed by atoms with Crippen molar-refractivity contribution in [3.05, 3.63) is 264 Å². The monoisotopic (exact) mass is 990 g/mol. The summed E-state index contributed by atoms with van der Waals surface area (Å²) in [7, 11) is 0. The Balaban J connectivity index is 1.11. The Morgan fingerprint density at radius 3 is 0.821 bits per heavy atom. The third-order valence-electron chi connectivity index (χ3n) is 14.3. The van der Waals surface area contributed by atoms with Crippen LogP contribution in [0, 0.1) is 68.0 Å². The van der Waals surface area contributed by atoms with Gasteiger partial charge in [-0.1, -0.05) is 97.1 Å². The molecule has 0 saturated heterocycles. The Kier molecular flexibility index (Phi) is 12.1. The molecule has 0 amide bonds. The van der Waals surface area contributed by atoms with Crippen LogP contribution in [0.25, 0.3) is 76.8 Å². The van der Waals surface area contributed by atoms with Gasteiger partial charge in [-0.05, 0) is 200 Å². The molecule has 0 unspecified atom stereocenters. The quantitative estimate of drug-likeness (QED) is 0.123. The highest BCUT2D eigenvalue weighted by atomic mass is 15.2. The first-order valence-electron chi connectivity index (χ1n) is 25.0. The number of hydrogen-bond acceptors (Lipinski definition) is 8. The van der Waals surface area contributed by atoms with Gasteiger partial charge in [0.2, 0.25) is 0 Å². The summed E-state index contributed by atoms with van der Waals surface area (Å²) in [5, 5.41) is 65.5. The molecule has 12 aromatic rings. The summed E-state index contributed by atoms with van der Waals surface area (Å²) >= 11 is 0. The molecule has 0 spiro atoms. The van der Waals surface area contributed by atoms with Crippen LogP contribution in [0.2, 0.25) is 0 Å². The fraction of sp³-hybridized carbons (Fsp3) is 0. The molecule has 0 aliphatic heterocycles. The largest absolute Gasteiger partial charge is 0.310 e. The average molecular weight is 991 g/mol. The van der Waals surface area contributed by atoms with Crippen LogP contribution in [0.3, 0.4) is 0 Å². The van der Waals surface area contributed by atoms with Crippen molar-refractivity contribution in [3.63, 3.8) is 0 Å². The van der Waals surface area contributed by atoms with Crippen molar-refractivity contribution < 1.29 is 0 Å². The third kappa shape index (κ3) is 8.65. The first kappa shape index (κ1) is 47.2. The fourth-order valence-corrected chi connectivity index (χ4v) is 10.5. The lowest BCUT2D eigenvalue weighted by molar-refractivity contribution is 1.29. The Bertz CT molecular complexity index is 4160. The molecular weight excluding hydrogens is 953 g/mol. The van der Waals surface area contributed by atoms with Crippen molar-refractivity contribution in [3.8, 4) is 80.9 Å². The molecule has 0 fully saturated rings. The molecule has 12 aromatic carbocycles. The van der Waals surface area contributed by atoms with Crippen molar-refractivity contribution >= 4 is 66.4 Å². The summed E-state index contributed by atoms with van der Waals surface area (Å²) in [5.41, 5.74) is 15.5. The van der Waals surface area contributed by atoms with Crippen LogP contribution in [0.1, 0.15) is 33.4 Å². The van der Waals surface area contributed by atoms with E-state index in [1.807, 2.05) is 133 Å². The number of hydrogen-bond donors (Lipinski definition) is 0. The van der Waals surface area contributed by atoms with E-state index >= 15 is 0 Å². The molecule has 0 bridgehead atoms. The molecule has 8 heteroatoms. The first-order chi connectivity index (χ1) is 38.3. The topological polar surface area (TPSA) is 149 Å². The molecule has 0 aliphatic rings. The van der Waals surface area contributed by atoms with Gasteiger partial charge in [-0.15, -0.1) is 0 Å². The zero-order chi connectivity index (χ0) is 53.3. The fourth-order valence-electron chi connectivity index (χ4n) is 10.5. The maximum Gasteiger partial charge on any atom is 0.0992 e. The Morgan fingerprint density at radius 2 is 0.526 bits per heavy atom. The van der Waals surface area contributed by atoms with Crippen LogP contribution in [0.5, 0.6) is 0 Å². The lowest BCUT2D eigenvalue weighted by Crippen LogP contribution is -2.12. The standard InChI is InChI=1S/C70H38N8/c71-39-45-7-15-51(16-8-45)57-33-58(52-17-9-46(40-72)10-18-52)36-63(35-57)77(61-5-1-3-49(31-61)43-75)67-29-25-55-24-28-66-68(30-26-56-23-27-65(67)69(55)70(56)66)78(62-6-2-4-50(32-62)44-76)64-37-59(53-19-11-47(41-73)12-20-53)34-60(38-64)54-21-13-48(42-74)14-22-54/h1-38H. The van der Waals surface area contributed by atoms with Gasteiger partial charge < -0.3 is 9.80 Å². The molecule has 0 radical (unpaired) electrons. The van der Waals surface area contributed by atoms with E-state index in [-0.39, 0.29) is 0 Å². The second-order valence-corrected chi connectivity index (χ2v) is 18.9. The van der Waals surface area contributed by atoms with Gasteiger partial charge in [0.25, 0.3) is 0 Å². The molecule has 0 heterocycles. The summed E-state index contributed by atoms with van der Waals surface area (Å²) in [5.74, 6) is 0. The molecular formula is C70H38N8. The Labute approximate surface area is 450 Å². The summed E-state index contributed by atoms with van der Waals surface area (Å²) in [6.07, 6.45) is 0. The van der Waals surface area contributed by atoms with Crippen molar-refractivity contribution in [1.82, 2.24) is 0 Å². The molecule has 0 aliphatic carbocycles. The van der Waals surface area contributed by atoms with Crippen molar-refractivity contribution in [2.75, 3.05) is 9.80 Å². The number of benzene rings is 12. The molecule has 78 heavy (non-hydrogen) atoms. The molecule has 0 aromatic heterocycles. The minimum absolute atomic E-state index is 0.501. The molecule has 0 saturated carbocycles. The van der Waals surface area contributed by atoms with Crippen LogP contribution in [0.15, 0.2) is 231 Å². The highest BCUT2D eigenvalue weighted by Gasteiger charge is 2.24. The van der Waals surface area contributed by atoms with E-state index in [0.29, 0.717) is 33.4 Å². The van der Waals surface area contributed by atoms with Crippen molar-refractivity contribution in [2.24, 2.45) is 0 Å². The van der Waals surface area contributed by atoms with Crippen LogP contribution in [0.4, 0.5) is 34.1 Å². The molecule has 0 atom stereocenters. The maximum atomic E-state index is 10.3. The minimum atomic E-state index is 0.501. The molecule has 8 nitrogen and oxygen atoms in total. The molecule has 12 rings (SSSR count). The predicted molar refractivity (Wildman–Crippen MR) is 310 cm³/mol. The van der Waals surface area contributed by atoms with Gasteiger partial charge in [0.1, 0.15) is 0 Å². The minimum Gasteiger partial charge on any atom is -0.310 e. The van der Waals surface area contributed by atoms with Gasteiger partial charge in [0, 0.05) is 33.5 Å². The second kappa shape index (κ2) is 19.9. The predicted octanol–water partition coefficient (Wildman–Crippen LogP) is 17.4. The zero-order valence-electron chi connectivity index (χ0n) is 41.5. The lowest BCUT2D eigenvalue weighted by Gasteiger charge is -2.30. The van der Waals surface area contributed by atoms with Gasteiger partial charge in [0.15, 0.2) is 0 Å². The second-order valence-electron chi connectivity index (χ2n) is 18.9. The van der Waals surface area contributed by atoms with Gasteiger partial charge in [-0.2, -0.15) is 31.6 Å². The summed E-state index contributed by atoms with van der Waals surface area (Å²) in [6, 6.07) is 89.0. The smallest absolute Gasteiger partial charge is 0.0992 e. The van der Waals surface area contributed by atoms with E-state index in [9.17, 15) is 31.6 Å². The van der Waals surface area contributed by atoms with Crippen molar-refractivity contribution in [2.45, 2.75) is 0 Å². The van der Waals surface area contributed by atoms with Gasteiger partial charge in [-0.25, -0.2) is 0 Å². The zero-order valence-corrected chi connectivity index (χ0v) is 41.5. The highest BCUT2D eigenvalue weighted by Crippen LogP contribution is 2.49. The average Bonchev–Trinajstić information content (AvgIpc) is 3.67. The number of anilines is 6. The van der Waals surface area contributed by atoms with Crippen LogP contribution in [-0.4, -0.2) is 0 Å². The Morgan fingerprint density at radius 1 is 0.231 bits per heavy atom. The van der Waals surface area contributed by atoms with E-state index in [1.165, 1.54) is 0 Å². The summed E-state index contributed by atoms with van der Waals surface area (Å²) in [4.78, 5) is 4.40. The molecule has 0 N–H and O–H groups in total. The Hall–Kier alpha value is -11.8. The molecule has 358 valence electrons. The van der Waals surface area contributed by atoms with E-state index < -0.39 is 0 Å². The summed E-state index contributed by atoms with van der Waals surface area (Å²) in [6.45, 7) is 0. The number of nitriles is 6. The van der Waals surface area contributed by atoms with E-state index in [0.717, 1.165) is 111 Å². The first-order valence-corrected chi connectivity index (χ1v) is 25.0. The normalized spacial score (nSPS) is 10.7. The van der Waals surface area contributed by atoms with Crippen LogP contribution < -0.4 is 9.80 Å². The van der Waals surface area contributed by atoms with Gasteiger partial charge in [0.05, 0.1) is 81.2 Å². The maximum absolute atomic E-state index is 10.3. The van der Waals surface area contributed by atoms with Crippen LogP contribution >= 0.6 is 0 Å². The highest BCUT2D eigenvalue weighted by molar-refractivity contribution is 6.28. The third-order valence-corrected chi connectivity index (χ3v) is 14.3. The van der Waals surface area contributed by atoms with E-state index in [1.54, 1.807) is 12.1 Å².